The van der Waals surface area contributed by atoms with Crippen LogP contribution in [0.1, 0.15) is 25.7 Å². The summed E-state index contributed by atoms with van der Waals surface area (Å²) in [7, 11) is -0.715. The van der Waals surface area contributed by atoms with E-state index < -0.39 is 15.9 Å². The Morgan fingerprint density at radius 1 is 1.16 bits per heavy atom. The van der Waals surface area contributed by atoms with Crippen molar-refractivity contribution >= 4 is 27.0 Å². The average molecular weight is 363 g/mol. The van der Waals surface area contributed by atoms with E-state index in [1.54, 1.807) is 20.2 Å². The van der Waals surface area contributed by atoms with Crippen molar-refractivity contribution in [2.45, 2.75) is 30.6 Å². The standard InChI is InChI=1S/C17H21N3O4S/c1-19-14-7-6-11(8-15(14)20(2)17(19)22)25(23,24)18-16(21)13-9-12(13)10-4-3-5-10/h6-8,10,12-13H,3-5,9H2,1-2H3,(H,18,21)/t12-,13+/m0/s1. The zero-order chi connectivity index (χ0) is 17.9. The maximum absolute atomic E-state index is 12.6. The van der Waals surface area contributed by atoms with Crippen molar-refractivity contribution in [3.63, 3.8) is 0 Å². The van der Waals surface area contributed by atoms with Gasteiger partial charge in [-0.3, -0.25) is 13.9 Å². The van der Waals surface area contributed by atoms with Crippen LogP contribution in [0.3, 0.4) is 0 Å². The third-order valence-electron chi connectivity index (χ3n) is 5.72. The van der Waals surface area contributed by atoms with Crippen molar-refractivity contribution < 1.29 is 13.2 Å². The molecule has 0 radical (unpaired) electrons. The minimum atomic E-state index is -3.94. The van der Waals surface area contributed by atoms with E-state index in [1.807, 2.05) is 0 Å². The predicted octanol–water partition coefficient (Wildman–Crippen LogP) is 1.12. The summed E-state index contributed by atoms with van der Waals surface area (Å²) in [6, 6.07) is 4.44. The second-order valence-electron chi connectivity index (χ2n) is 7.22. The van der Waals surface area contributed by atoms with Gasteiger partial charge in [-0.2, -0.15) is 0 Å². The molecule has 0 bridgehead atoms. The monoisotopic (exact) mass is 363 g/mol. The van der Waals surface area contributed by atoms with E-state index in [9.17, 15) is 18.0 Å². The number of benzene rings is 1. The number of amides is 1. The van der Waals surface area contributed by atoms with Crippen LogP contribution in [-0.2, 0) is 28.9 Å². The number of imidazole rings is 1. The number of fused-ring (bicyclic) bond motifs is 1. The first-order valence-electron chi connectivity index (χ1n) is 8.52. The Labute approximate surface area is 145 Å². The minimum Gasteiger partial charge on any atom is -0.295 e. The molecular weight excluding hydrogens is 342 g/mol. The van der Waals surface area contributed by atoms with Gasteiger partial charge in [0.05, 0.1) is 15.9 Å². The van der Waals surface area contributed by atoms with E-state index in [2.05, 4.69) is 4.72 Å². The molecule has 1 aromatic heterocycles. The molecule has 0 saturated heterocycles. The summed E-state index contributed by atoms with van der Waals surface area (Å²) in [5.41, 5.74) is 0.932. The number of hydrogen-bond acceptors (Lipinski definition) is 4. The number of carbonyl (C=O) groups is 1. The van der Waals surface area contributed by atoms with Gasteiger partial charge in [0.25, 0.3) is 10.0 Å². The lowest BCUT2D eigenvalue weighted by atomic mass is 9.81. The first kappa shape index (κ1) is 16.4. The second-order valence-corrected chi connectivity index (χ2v) is 8.90. The smallest absolute Gasteiger partial charge is 0.295 e. The molecule has 0 unspecified atom stereocenters. The largest absolute Gasteiger partial charge is 0.328 e. The van der Waals surface area contributed by atoms with Crippen molar-refractivity contribution in [1.29, 1.82) is 0 Å². The van der Waals surface area contributed by atoms with E-state index in [1.165, 1.54) is 27.7 Å². The number of nitrogens with zero attached hydrogens (tertiary/aromatic N) is 2. The molecular formula is C17H21N3O4S. The summed E-state index contributed by atoms with van der Waals surface area (Å²) in [5.74, 6) is 0.360. The quantitative estimate of drug-likeness (QED) is 0.881. The number of hydrogen-bond donors (Lipinski definition) is 1. The van der Waals surface area contributed by atoms with E-state index >= 15 is 0 Å². The van der Waals surface area contributed by atoms with Gasteiger partial charge in [-0.1, -0.05) is 19.3 Å². The number of rotatable bonds is 4. The molecule has 134 valence electrons. The van der Waals surface area contributed by atoms with Crippen LogP contribution in [0.25, 0.3) is 11.0 Å². The SMILES string of the molecule is Cn1c(=O)n(C)c2cc(S(=O)(=O)NC(=O)[C@@H]3C[C@H]3C3CCC3)ccc21. The van der Waals surface area contributed by atoms with Gasteiger partial charge in [0.2, 0.25) is 5.91 Å². The lowest BCUT2D eigenvalue weighted by molar-refractivity contribution is -0.121. The Morgan fingerprint density at radius 2 is 1.84 bits per heavy atom. The lowest BCUT2D eigenvalue weighted by Gasteiger charge is -2.25. The molecule has 0 spiro atoms. The van der Waals surface area contributed by atoms with E-state index in [0.717, 1.165) is 19.3 Å². The molecule has 8 heteroatoms. The molecule has 2 aromatic rings. The first-order valence-corrected chi connectivity index (χ1v) is 10.00. The number of nitrogens with one attached hydrogen (secondary N) is 1. The summed E-state index contributed by atoms with van der Waals surface area (Å²) < 4.78 is 30.2. The van der Waals surface area contributed by atoms with Gasteiger partial charge < -0.3 is 0 Å². The number of aromatic nitrogens is 2. The summed E-state index contributed by atoms with van der Waals surface area (Å²) in [4.78, 5) is 24.2. The Morgan fingerprint density at radius 3 is 2.48 bits per heavy atom. The molecule has 2 fully saturated rings. The van der Waals surface area contributed by atoms with E-state index in [-0.39, 0.29) is 16.5 Å². The molecule has 1 amide bonds. The summed E-state index contributed by atoms with van der Waals surface area (Å²) >= 11 is 0. The highest BCUT2D eigenvalue weighted by molar-refractivity contribution is 7.90. The lowest BCUT2D eigenvalue weighted by Crippen LogP contribution is -2.33. The third kappa shape index (κ3) is 2.59. The summed E-state index contributed by atoms with van der Waals surface area (Å²) in [6.45, 7) is 0. The molecule has 1 aromatic carbocycles. The fraction of sp³-hybridized carbons (Fsp3) is 0.529. The van der Waals surface area contributed by atoms with Crippen molar-refractivity contribution in [2.75, 3.05) is 0 Å². The van der Waals surface area contributed by atoms with Crippen molar-refractivity contribution in [3.8, 4) is 0 Å². The molecule has 1 heterocycles. The highest BCUT2D eigenvalue weighted by Crippen LogP contribution is 2.51. The average Bonchev–Trinajstić information content (AvgIpc) is 3.26. The van der Waals surface area contributed by atoms with Crippen LogP contribution in [0.4, 0.5) is 0 Å². The van der Waals surface area contributed by atoms with Gasteiger partial charge in [-0.15, -0.1) is 0 Å². The molecule has 1 N–H and O–H groups in total. The van der Waals surface area contributed by atoms with Crippen LogP contribution in [0, 0.1) is 17.8 Å². The van der Waals surface area contributed by atoms with Crippen LogP contribution in [-0.4, -0.2) is 23.5 Å². The van der Waals surface area contributed by atoms with Gasteiger partial charge in [0.1, 0.15) is 0 Å². The Bertz CT molecular complexity index is 1030. The number of sulfonamides is 1. The fourth-order valence-electron chi connectivity index (χ4n) is 3.83. The zero-order valence-electron chi connectivity index (χ0n) is 14.2. The molecule has 2 saturated carbocycles. The van der Waals surface area contributed by atoms with Crippen LogP contribution in [0.15, 0.2) is 27.9 Å². The molecule has 2 aliphatic rings. The Hall–Kier alpha value is -2.09. The fourth-order valence-corrected chi connectivity index (χ4v) is 4.87. The van der Waals surface area contributed by atoms with E-state index in [0.29, 0.717) is 22.9 Å². The molecule has 0 aliphatic heterocycles. The topological polar surface area (TPSA) is 90.2 Å². The highest BCUT2D eigenvalue weighted by Gasteiger charge is 2.49. The van der Waals surface area contributed by atoms with Crippen molar-refractivity contribution in [2.24, 2.45) is 31.8 Å². The second kappa shape index (κ2) is 5.45. The van der Waals surface area contributed by atoms with Gasteiger partial charge in [0.15, 0.2) is 0 Å². The van der Waals surface area contributed by atoms with Crippen LogP contribution in [0.5, 0.6) is 0 Å². The summed E-state index contributed by atoms with van der Waals surface area (Å²) in [5, 5.41) is 0. The number of carbonyl (C=O) groups excluding carboxylic acids is 1. The van der Waals surface area contributed by atoms with Gasteiger partial charge >= 0.3 is 5.69 Å². The van der Waals surface area contributed by atoms with Crippen molar-refractivity contribution in [3.05, 3.63) is 28.7 Å². The molecule has 7 nitrogen and oxygen atoms in total. The molecule has 2 atom stereocenters. The minimum absolute atomic E-state index is 0.00426. The summed E-state index contributed by atoms with van der Waals surface area (Å²) in [6.07, 6.45) is 4.31. The Balaban J connectivity index is 1.58. The predicted molar refractivity (Wildman–Crippen MR) is 92.4 cm³/mol. The third-order valence-corrected chi connectivity index (χ3v) is 7.07. The highest BCUT2D eigenvalue weighted by atomic mass is 32.2. The van der Waals surface area contributed by atoms with Crippen LogP contribution in [0.2, 0.25) is 0 Å². The van der Waals surface area contributed by atoms with Gasteiger partial charge in [-0.25, -0.2) is 17.9 Å². The maximum Gasteiger partial charge on any atom is 0.328 e. The normalized spacial score (nSPS) is 23.4. The van der Waals surface area contributed by atoms with Crippen LogP contribution < -0.4 is 10.4 Å². The molecule has 25 heavy (non-hydrogen) atoms. The van der Waals surface area contributed by atoms with E-state index in [4.69, 9.17) is 0 Å². The molecule has 4 rings (SSSR count). The first-order chi connectivity index (χ1) is 11.8. The molecule has 2 aliphatic carbocycles. The number of aryl methyl sites for hydroxylation is 2. The maximum atomic E-state index is 12.6. The van der Waals surface area contributed by atoms with Gasteiger partial charge in [-0.05, 0) is 36.5 Å². The Kier molecular flexibility index (Phi) is 3.57. The van der Waals surface area contributed by atoms with Crippen LogP contribution >= 0.6 is 0 Å². The van der Waals surface area contributed by atoms with Gasteiger partial charge in [0, 0.05) is 20.0 Å². The van der Waals surface area contributed by atoms with Crippen molar-refractivity contribution in [1.82, 2.24) is 13.9 Å². The zero-order valence-corrected chi connectivity index (χ0v) is 15.0.